The molecule has 2 amide bonds. The van der Waals surface area contributed by atoms with Crippen molar-refractivity contribution in [2.45, 2.75) is 11.8 Å². The third-order valence-corrected chi connectivity index (χ3v) is 3.55. The maximum atomic E-state index is 12.7. The molecule has 0 saturated carbocycles. The Balaban J connectivity index is 2.38. The highest BCUT2D eigenvalue weighted by Crippen LogP contribution is 2.09. The summed E-state index contributed by atoms with van der Waals surface area (Å²) in [5.74, 6) is -1.62. The lowest BCUT2D eigenvalue weighted by Gasteiger charge is -2.08. The van der Waals surface area contributed by atoms with Crippen molar-refractivity contribution >= 4 is 21.8 Å². The van der Waals surface area contributed by atoms with E-state index in [1.165, 1.54) is 0 Å². The molecule has 0 bridgehead atoms. The van der Waals surface area contributed by atoms with Crippen molar-refractivity contribution in [1.82, 2.24) is 15.5 Å². The third kappa shape index (κ3) is 6.16. The number of benzene rings is 1. The molecule has 122 valence electrons. The first-order valence-corrected chi connectivity index (χ1v) is 7.76. The lowest BCUT2D eigenvalue weighted by molar-refractivity contribution is -0.129. The van der Waals surface area contributed by atoms with Gasteiger partial charge in [0.2, 0.25) is 11.8 Å². The Hall–Kier alpha value is -2.04. The molecule has 0 aliphatic carbocycles. The smallest absolute Gasteiger partial charge is 0.262 e. The molecule has 1 aromatic rings. The second kappa shape index (κ2) is 8.41. The van der Waals surface area contributed by atoms with Gasteiger partial charge >= 0.3 is 0 Å². The molecule has 10 heteroatoms. The maximum absolute atomic E-state index is 12.7. The van der Waals surface area contributed by atoms with Crippen molar-refractivity contribution < 1.29 is 27.2 Å². The quantitative estimate of drug-likeness (QED) is 0.544. The lowest BCUT2D eigenvalue weighted by atomic mass is 10.4. The number of rotatable bonds is 8. The Morgan fingerprint density at radius 2 is 1.77 bits per heavy atom. The van der Waals surface area contributed by atoms with Crippen molar-refractivity contribution in [3.05, 3.63) is 30.1 Å². The summed E-state index contributed by atoms with van der Waals surface area (Å²) in [6, 6.07) is 4.06. The number of nitrogens with one attached hydrogen (secondary N) is 3. The van der Waals surface area contributed by atoms with Gasteiger partial charge in [0.05, 0.1) is 11.4 Å². The van der Waals surface area contributed by atoms with E-state index in [9.17, 15) is 22.4 Å². The summed E-state index contributed by atoms with van der Waals surface area (Å²) >= 11 is 0. The van der Waals surface area contributed by atoms with Gasteiger partial charge < -0.3 is 10.6 Å². The van der Waals surface area contributed by atoms with Crippen LogP contribution >= 0.6 is 0 Å². The predicted octanol–water partition coefficient (Wildman–Crippen LogP) is -0.712. The van der Waals surface area contributed by atoms with Crippen LogP contribution in [0.1, 0.15) is 6.92 Å². The third-order valence-electron chi connectivity index (χ3n) is 2.32. The molecule has 0 heterocycles. The average Bonchev–Trinajstić information content (AvgIpc) is 2.46. The first kappa shape index (κ1) is 18.0. The van der Waals surface area contributed by atoms with E-state index < -0.39 is 28.4 Å². The second-order valence-electron chi connectivity index (χ2n) is 4.06. The number of likely N-dealkylation sites (N-methyl/N-ethyl adjacent to an activating group) is 1. The van der Waals surface area contributed by atoms with Crippen LogP contribution in [0, 0.1) is 5.82 Å². The standard InChI is InChI=1S/C12H16FN3O5S/c1-2-14-11(17)7-15-12(18)8-21-16-22(19,20)10-5-3-9(13)4-6-10/h3-6,16H,2,7-8H2,1H3,(H,14,17)(H,15,18). The number of halogens is 1. The number of hydrogen-bond acceptors (Lipinski definition) is 5. The monoisotopic (exact) mass is 333 g/mol. The molecule has 8 nitrogen and oxygen atoms in total. The van der Waals surface area contributed by atoms with Gasteiger partial charge in [-0.1, -0.05) is 4.89 Å². The zero-order valence-corrected chi connectivity index (χ0v) is 12.6. The summed E-state index contributed by atoms with van der Waals surface area (Å²) in [6.07, 6.45) is 0. The number of amides is 2. The largest absolute Gasteiger partial charge is 0.355 e. The van der Waals surface area contributed by atoms with Crippen molar-refractivity contribution in [3.63, 3.8) is 0 Å². The van der Waals surface area contributed by atoms with Crippen LogP contribution in [0.5, 0.6) is 0 Å². The van der Waals surface area contributed by atoms with E-state index in [0.29, 0.717) is 6.54 Å². The van der Waals surface area contributed by atoms with Gasteiger partial charge in [-0.25, -0.2) is 12.8 Å². The summed E-state index contributed by atoms with van der Waals surface area (Å²) in [6.45, 7) is 1.32. The van der Waals surface area contributed by atoms with E-state index in [4.69, 9.17) is 0 Å². The van der Waals surface area contributed by atoms with Gasteiger partial charge in [0.15, 0.2) is 0 Å². The van der Waals surface area contributed by atoms with Gasteiger partial charge in [0, 0.05) is 6.54 Å². The molecule has 0 saturated heterocycles. The van der Waals surface area contributed by atoms with Gasteiger partial charge in [0.1, 0.15) is 12.4 Å². The lowest BCUT2D eigenvalue weighted by Crippen LogP contribution is -2.39. The molecular weight excluding hydrogens is 317 g/mol. The van der Waals surface area contributed by atoms with Crippen LogP contribution in [0.25, 0.3) is 0 Å². The molecule has 1 rings (SSSR count). The molecule has 1 aromatic carbocycles. The Labute approximate surface area is 127 Å². The molecule has 3 N–H and O–H groups in total. The highest BCUT2D eigenvalue weighted by atomic mass is 32.2. The van der Waals surface area contributed by atoms with Crippen LogP contribution in [-0.2, 0) is 24.4 Å². The predicted molar refractivity (Wildman–Crippen MR) is 74.4 cm³/mol. The van der Waals surface area contributed by atoms with E-state index in [0.717, 1.165) is 24.3 Å². The molecule has 0 atom stereocenters. The summed E-state index contributed by atoms with van der Waals surface area (Å²) in [5, 5.41) is 4.71. The van der Waals surface area contributed by atoms with Crippen LogP contribution in [0.4, 0.5) is 4.39 Å². The molecule has 0 aliphatic rings. The molecular formula is C12H16FN3O5S. The summed E-state index contributed by atoms with van der Waals surface area (Å²) in [5.41, 5.74) is 0. The zero-order valence-electron chi connectivity index (χ0n) is 11.8. The highest BCUT2D eigenvalue weighted by Gasteiger charge is 2.15. The fourth-order valence-electron chi connectivity index (χ4n) is 1.32. The SMILES string of the molecule is CCNC(=O)CNC(=O)CONS(=O)(=O)c1ccc(F)cc1. The summed E-state index contributed by atoms with van der Waals surface area (Å²) < 4.78 is 36.1. The van der Waals surface area contributed by atoms with Crippen LogP contribution in [0.3, 0.4) is 0 Å². The Morgan fingerprint density at radius 3 is 2.36 bits per heavy atom. The van der Waals surface area contributed by atoms with Gasteiger partial charge in [-0.2, -0.15) is 0 Å². The van der Waals surface area contributed by atoms with E-state index in [1.54, 1.807) is 11.8 Å². The van der Waals surface area contributed by atoms with E-state index in [-0.39, 0.29) is 17.3 Å². The van der Waals surface area contributed by atoms with E-state index >= 15 is 0 Å². The van der Waals surface area contributed by atoms with Crippen LogP contribution in [0.15, 0.2) is 29.2 Å². The molecule has 0 aliphatic heterocycles. The maximum Gasteiger partial charge on any atom is 0.262 e. The van der Waals surface area contributed by atoms with Gasteiger partial charge in [-0.05, 0) is 31.2 Å². The normalized spacial score (nSPS) is 11.0. The topological polar surface area (TPSA) is 114 Å². The summed E-state index contributed by atoms with van der Waals surface area (Å²) in [7, 11) is -4.01. The fraction of sp³-hybridized carbons (Fsp3) is 0.333. The van der Waals surface area contributed by atoms with Gasteiger partial charge in [-0.15, -0.1) is 0 Å². The Kier molecular flexibility index (Phi) is 6.89. The average molecular weight is 333 g/mol. The number of carbonyl (C=O) groups is 2. The van der Waals surface area contributed by atoms with Crippen LogP contribution in [0.2, 0.25) is 0 Å². The Morgan fingerprint density at radius 1 is 1.14 bits per heavy atom. The van der Waals surface area contributed by atoms with E-state index in [2.05, 4.69) is 15.5 Å². The second-order valence-corrected chi connectivity index (χ2v) is 5.70. The first-order valence-electron chi connectivity index (χ1n) is 6.27. The molecule has 0 radical (unpaired) electrons. The molecule has 0 fully saturated rings. The number of sulfonamides is 1. The molecule has 0 spiro atoms. The van der Waals surface area contributed by atoms with Crippen LogP contribution < -0.4 is 15.5 Å². The van der Waals surface area contributed by atoms with Gasteiger partial charge in [0.25, 0.3) is 10.0 Å². The van der Waals surface area contributed by atoms with Crippen molar-refractivity contribution in [1.29, 1.82) is 0 Å². The Bertz CT molecular complexity index is 618. The zero-order chi connectivity index (χ0) is 16.6. The minimum Gasteiger partial charge on any atom is -0.355 e. The van der Waals surface area contributed by atoms with Crippen molar-refractivity contribution in [2.24, 2.45) is 0 Å². The van der Waals surface area contributed by atoms with Crippen molar-refractivity contribution in [3.8, 4) is 0 Å². The first-order chi connectivity index (χ1) is 10.3. The highest BCUT2D eigenvalue weighted by molar-refractivity contribution is 7.89. The number of carbonyl (C=O) groups excluding carboxylic acids is 2. The minimum absolute atomic E-state index is 0.211. The number of hydrogen-bond donors (Lipinski definition) is 3. The molecule has 0 aromatic heterocycles. The molecule has 0 unspecified atom stereocenters. The minimum atomic E-state index is -4.01. The summed E-state index contributed by atoms with van der Waals surface area (Å²) in [4.78, 5) is 28.5. The molecule has 22 heavy (non-hydrogen) atoms. The van der Waals surface area contributed by atoms with Crippen molar-refractivity contribution in [2.75, 3.05) is 19.7 Å². The van der Waals surface area contributed by atoms with E-state index in [1.807, 2.05) is 0 Å². The van der Waals surface area contributed by atoms with Gasteiger partial charge in [-0.3, -0.25) is 14.4 Å². The van der Waals surface area contributed by atoms with Crippen LogP contribution in [-0.4, -0.2) is 39.9 Å². The fourth-order valence-corrected chi connectivity index (χ4v) is 2.13.